The van der Waals surface area contributed by atoms with E-state index in [1.807, 2.05) is 44.2 Å². The minimum Gasteiger partial charge on any atom is -0.298 e. The first-order chi connectivity index (χ1) is 15.4. The number of carbonyl (C=O) groups is 2. The van der Waals surface area contributed by atoms with Crippen molar-refractivity contribution in [3.63, 3.8) is 0 Å². The molecular weight excluding hydrogens is 392 g/mol. The number of fused-ring (bicyclic) bond motifs is 3. The van der Waals surface area contributed by atoms with Gasteiger partial charge in [0, 0.05) is 16.7 Å². The van der Waals surface area contributed by atoms with Crippen LogP contribution in [0.1, 0.15) is 48.9 Å². The predicted molar refractivity (Wildman–Crippen MR) is 126 cm³/mol. The van der Waals surface area contributed by atoms with Gasteiger partial charge in [-0.25, -0.2) is 0 Å². The Morgan fingerprint density at radius 3 is 1.94 bits per heavy atom. The molecule has 0 radical (unpaired) electrons. The van der Waals surface area contributed by atoms with E-state index in [1.54, 1.807) is 0 Å². The Labute approximate surface area is 189 Å². The van der Waals surface area contributed by atoms with E-state index < -0.39 is 22.2 Å². The summed E-state index contributed by atoms with van der Waals surface area (Å²) in [5.41, 5.74) is 3.03. The molecule has 2 nitrogen and oxygen atoms in total. The quantitative estimate of drug-likeness (QED) is 0.530. The number of benzene rings is 3. The first kappa shape index (κ1) is 19.4. The summed E-state index contributed by atoms with van der Waals surface area (Å²) in [5.74, 6) is -0.506. The molecule has 0 aliphatic heterocycles. The van der Waals surface area contributed by atoms with Crippen LogP contribution in [0.4, 0.5) is 0 Å². The molecule has 3 aliphatic carbocycles. The summed E-state index contributed by atoms with van der Waals surface area (Å²) in [5, 5.41) is 0. The molecule has 0 N–H and O–H groups in total. The molecule has 3 aromatic carbocycles. The van der Waals surface area contributed by atoms with Crippen molar-refractivity contribution >= 4 is 11.6 Å². The molecule has 5 atom stereocenters. The molecule has 3 aromatic rings. The Balaban J connectivity index is 1.84. The van der Waals surface area contributed by atoms with Crippen LogP contribution in [0.15, 0.2) is 96.6 Å². The van der Waals surface area contributed by atoms with E-state index in [-0.39, 0.29) is 17.5 Å². The van der Waals surface area contributed by atoms with Crippen LogP contribution in [0.25, 0.3) is 0 Å². The highest BCUT2D eigenvalue weighted by atomic mass is 16.1. The fourth-order valence-corrected chi connectivity index (χ4v) is 7.58. The molecule has 0 aromatic heterocycles. The third kappa shape index (κ3) is 1.93. The van der Waals surface area contributed by atoms with Crippen LogP contribution in [0.5, 0.6) is 0 Å². The first-order valence-corrected chi connectivity index (χ1v) is 11.4. The van der Waals surface area contributed by atoms with Gasteiger partial charge >= 0.3 is 0 Å². The van der Waals surface area contributed by atoms with E-state index >= 15 is 0 Å². The van der Waals surface area contributed by atoms with E-state index in [0.29, 0.717) is 0 Å². The molecule has 4 unspecified atom stereocenters. The van der Waals surface area contributed by atoms with Gasteiger partial charge in [-0.15, -0.1) is 0 Å². The highest BCUT2D eigenvalue weighted by molar-refractivity contribution is 6.12. The average molecular weight is 419 g/mol. The summed E-state index contributed by atoms with van der Waals surface area (Å²) in [6.45, 7) is 6.14. The number of hydrogen-bond acceptors (Lipinski definition) is 2. The summed E-state index contributed by atoms with van der Waals surface area (Å²) >= 11 is 0. The zero-order valence-corrected chi connectivity index (χ0v) is 18.6. The summed E-state index contributed by atoms with van der Waals surface area (Å²) in [7, 11) is 0. The van der Waals surface area contributed by atoms with Crippen LogP contribution < -0.4 is 0 Å². The Bertz CT molecular complexity index is 1300. The number of hydrogen-bond donors (Lipinski definition) is 0. The topological polar surface area (TPSA) is 34.1 Å². The number of Topliss-reactive ketones (excluding diaryl/α,β-unsaturated/α-hetero) is 2. The Morgan fingerprint density at radius 1 is 0.719 bits per heavy atom. The minimum atomic E-state index is -0.850. The molecule has 4 bridgehead atoms. The van der Waals surface area contributed by atoms with Gasteiger partial charge in [0.1, 0.15) is 0 Å². The highest BCUT2D eigenvalue weighted by Gasteiger charge is 2.77. The predicted octanol–water partition coefficient (Wildman–Crippen LogP) is 5.76. The second-order valence-electron chi connectivity index (χ2n) is 10.0. The molecule has 2 heteroatoms. The number of ketones is 2. The van der Waals surface area contributed by atoms with Gasteiger partial charge in [-0.3, -0.25) is 9.59 Å². The van der Waals surface area contributed by atoms with Gasteiger partial charge in [0.15, 0.2) is 11.6 Å². The van der Waals surface area contributed by atoms with Crippen LogP contribution in [-0.4, -0.2) is 11.6 Å². The van der Waals surface area contributed by atoms with Crippen molar-refractivity contribution in [2.24, 2.45) is 11.3 Å². The van der Waals surface area contributed by atoms with Crippen LogP contribution >= 0.6 is 0 Å². The number of allylic oxidation sites excluding steroid dienone is 2. The van der Waals surface area contributed by atoms with Crippen molar-refractivity contribution in [3.05, 3.63) is 119 Å². The molecule has 158 valence electrons. The third-order valence-corrected chi connectivity index (χ3v) is 8.76. The normalized spacial score (nSPS) is 34.8. The molecule has 3 aliphatic rings. The first-order valence-electron chi connectivity index (χ1n) is 11.4. The van der Waals surface area contributed by atoms with Crippen molar-refractivity contribution in [2.75, 3.05) is 0 Å². The van der Waals surface area contributed by atoms with Gasteiger partial charge < -0.3 is 0 Å². The van der Waals surface area contributed by atoms with Gasteiger partial charge in [-0.2, -0.15) is 0 Å². The van der Waals surface area contributed by atoms with Gasteiger partial charge in [0.2, 0.25) is 0 Å². The molecule has 1 saturated carbocycles. The van der Waals surface area contributed by atoms with Crippen molar-refractivity contribution in [1.29, 1.82) is 0 Å². The second kappa shape index (κ2) is 6.16. The minimum absolute atomic E-state index is 0.114. The Kier molecular flexibility index (Phi) is 3.74. The SMILES string of the molecule is CC1=CC2(c3ccccc3)c3ccccc3C3(C)C(=O)[C@H](c4ccccc4)C2(C)C3C1=O. The fraction of sp³-hybridized carbons (Fsp3) is 0.267. The fourth-order valence-electron chi connectivity index (χ4n) is 7.58. The summed E-state index contributed by atoms with van der Waals surface area (Å²) in [4.78, 5) is 28.4. The van der Waals surface area contributed by atoms with Crippen LogP contribution in [0, 0.1) is 11.3 Å². The highest BCUT2D eigenvalue weighted by Crippen LogP contribution is 2.75. The second-order valence-corrected chi connectivity index (χ2v) is 10.0. The van der Waals surface area contributed by atoms with Crippen LogP contribution in [0.3, 0.4) is 0 Å². The molecule has 32 heavy (non-hydrogen) atoms. The van der Waals surface area contributed by atoms with Crippen LogP contribution in [0.2, 0.25) is 0 Å². The van der Waals surface area contributed by atoms with E-state index in [4.69, 9.17) is 0 Å². The van der Waals surface area contributed by atoms with E-state index in [0.717, 1.165) is 27.8 Å². The van der Waals surface area contributed by atoms with Crippen molar-refractivity contribution in [2.45, 2.75) is 37.5 Å². The van der Waals surface area contributed by atoms with E-state index in [9.17, 15) is 9.59 Å². The summed E-state index contributed by atoms with van der Waals surface area (Å²) < 4.78 is 0. The monoisotopic (exact) mass is 418 g/mol. The molecule has 6 rings (SSSR count). The Morgan fingerprint density at radius 2 is 1.28 bits per heavy atom. The lowest BCUT2D eigenvalue weighted by Crippen LogP contribution is -2.60. The molecule has 0 saturated heterocycles. The smallest absolute Gasteiger partial charge is 0.163 e. The Hall–Kier alpha value is -3.26. The van der Waals surface area contributed by atoms with Crippen molar-refractivity contribution in [1.82, 2.24) is 0 Å². The number of rotatable bonds is 2. The molecule has 0 spiro atoms. The summed E-state index contributed by atoms with van der Waals surface area (Å²) in [6.07, 6.45) is 2.17. The van der Waals surface area contributed by atoms with Gasteiger partial charge in [0.25, 0.3) is 0 Å². The maximum absolute atomic E-state index is 14.5. The van der Waals surface area contributed by atoms with Crippen molar-refractivity contribution < 1.29 is 9.59 Å². The number of carbonyl (C=O) groups excluding carboxylic acids is 2. The molecular formula is C30H26O2. The van der Waals surface area contributed by atoms with Crippen molar-refractivity contribution in [3.8, 4) is 0 Å². The maximum atomic E-state index is 14.5. The largest absolute Gasteiger partial charge is 0.298 e. The zero-order chi connectivity index (χ0) is 22.3. The van der Waals surface area contributed by atoms with E-state index in [1.165, 1.54) is 0 Å². The lowest BCUT2D eigenvalue weighted by molar-refractivity contribution is -0.130. The standard InChI is InChI=1S/C30H26O2/c1-19-18-30(21-14-8-5-9-15-21)23-17-11-10-16-22(23)28(2)26(25(19)31)29(30,3)24(27(28)32)20-12-6-4-7-13-20/h4-18,24,26H,1-3H3/t24-,26?,28?,29?,30?/m0/s1. The molecule has 0 amide bonds. The zero-order valence-electron chi connectivity index (χ0n) is 18.6. The average Bonchev–Trinajstić information content (AvgIpc) is 2.98. The van der Waals surface area contributed by atoms with E-state index in [2.05, 4.69) is 67.6 Å². The lowest BCUT2D eigenvalue weighted by Gasteiger charge is -2.59. The third-order valence-electron chi connectivity index (χ3n) is 8.76. The maximum Gasteiger partial charge on any atom is 0.163 e. The van der Waals surface area contributed by atoms with Gasteiger partial charge in [-0.1, -0.05) is 97.9 Å². The summed E-state index contributed by atoms with van der Waals surface area (Å²) in [6, 6.07) is 28.9. The van der Waals surface area contributed by atoms with Crippen LogP contribution in [-0.2, 0) is 20.4 Å². The van der Waals surface area contributed by atoms with Gasteiger partial charge in [-0.05, 0) is 41.7 Å². The van der Waals surface area contributed by atoms with Gasteiger partial charge in [0.05, 0.1) is 11.3 Å². The molecule has 0 heterocycles. The lowest BCUT2D eigenvalue weighted by atomic mass is 9.41. The molecule has 1 fully saturated rings.